The predicted molar refractivity (Wildman–Crippen MR) is 114 cm³/mol. The third-order valence-corrected chi connectivity index (χ3v) is 6.38. The quantitative estimate of drug-likeness (QED) is 0.812. The fourth-order valence-corrected chi connectivity index (χ4v) is 4.71. The van der Waals surface area contributed by atoms with Gasteiger partial charge in [0.15, 0.2) is 0 Å². The molecule has 2 saturated heterocycles. The van der Waals surface area contributed by atoms with Crippen LogP contribution in [0.5, 0.6) is 0 Å². The van der Waals surface area contributed by atoms with Gasteiger partial charge in [0.1, 0.15) is 11.5 Å². The Hall–Kier alpha value is -2.11. The molecule has 3 heterocycles. The number of benzene rings is 1. The fraction of sp³-hybridized carbons (Fsp3) is 0.542. The van der Waals surface area contributed by atoms with E-state index >= 15 is 0 Å². The van der Waals surface area contributed by atoms with Gasteiger partial charge in [0.2, 0.25) is 5.91 Å². The smallest absolute Gasteiger partial charge is 0.224 e. The fourth-order valence-electron chi connectivity index (χ4n) is 4.71. The maximum Gasteiger partial charge on any atom is 0.224 e. The molecule has 0 bridgehead atoms. The molecule has 156 valence electrons. The predicted octanol–water partition coefficient (Wildman–Crippen LogP) is 3.58. The van der Waals surface area contributed by atoms with Crippen molar-refractivity contribution in [1.29, 1.82) is 0 Å². The van der Waals surface area contributed by atoms with E-state index in [4.69, 9.17) is 4.42 Å². The van der Waals surface area contributed by atoms with Gasteiger partial charge in [-0.05, 0) is 56.8 Å². The zero-order valence-electron chi connectivity index (χ0n) is 17.5. The monoisotopic (exact) mass is 395 g/mol. The summed E-state index contributed by atoms with van der Waals surface area (Å²) in [5, 5.41) is 3.14. The first-order valence-electron chi connectivity index (χ1n) is 11.0. The Bertz CT molecular complexity index is 780. The lowest BCUT2D eigenvalue weighted by molar-refractivity contribution is -0.127. The first-order chi connectivity index (χ1) is 14.2. The van der Waals surface area contributed by atoms with Crippen LogP contribution in [-0.4, -0.2) is 47.9 Å². The minimum atomic E-state index is 0.122. The second kappa shape index (κ2) is 9.59. The Morgan fingerprint density at radius 1 is 1.07 bits per heavy atom. The molecule has 2 aliphatic heterocycles. The average molecular weight is 396 g/mol. The minimum absolute atomic E-state index is 0.122. The summed E-state index contributed by atoms with van der Waals surface area (Å²) < 4.78 is 5.73. The molecule has 1 N–H and O–H groups in total. The highest BCUT2D eigenvalue weighted by atomic mass is 16.3. The van der Waals surface area contributed by atoms with Gasteiger partial charge in [0.25, 0.3) is 0 Å². The molecule has 5 nitrogen and oxygen atoms in total. The molecule has 0 radical (unpaired) electrons. The van der Waals surface area contributed by atoms with Crippen molar-refractivity contribution in [2.24, 2.45) is 5.92 Å². The molecule has 1 atom stereocenters. The second-order valence-corrected chi connectivity index (χ2v) is 8.56. The molecule has 5 heteroatoms. The summed E-state index contributed by atoms with van der Waals surface area (Å²) >= 11 is 0. The van der Waals surface area contributed by atoms with E-state index in [0.717, 1.165) is 62.6 Å². The van der Waals surface area contributed by atoms with Gasteiger partial charge in [-0.25, -0.2) is 0 Å². The van der Waals surface area contributed by atoms with Gasteiger partial charge in [-0.3, -0.25) is 14.6 Å². The van der Waals surface area contributed by atoms with Crippen molar-refractivity contribution in [3.05, 3.63) is 59.5 Å². The number of nitrogens with one attached hydrogen (secondary N) is 1. The molecular formula is C24H33N3O2. The Morgan fingerprint density at radius 3 is 2.59 bits per heavy atom. The number of hydrogen-bond donors (Lipinski definition) is 1. The maximum atomic E-state index is 12.7. The van der Waals surface area contributed by atoms with Gasteiger partial charge in [0, 0.05) is 32.2 Å². The van der Waals surface area contributed by atoms with Crippen molar-refractivity contribution in [2.75, 3.05) is 26.2 Å². The molecule has 2 fully saturated rings. The summed E-state index contributed by atoms with van der Waals surface area (Å²) in [7, 11) is 0. The summed E-state index contributed by atoms with van der Waals surface area (Å²) in [6, 6.07) is 14.9. The number of aryl methyl sites for hydroxylation is 1. The first kappa shape index (κ1) is 20.2. The molecule has 1 unspecified atom stereocenters. The zero-order chi connectivity index (χ0) is 20.1. The molecule has 2 aromatic rings. The van der Waals surface area contributed by atoms with Crippen LogP contribution in [0.25, 0.3) is 0 Å². The largest absolute Gasteiger partial charge is 0.465 e. The molecular weight excluding hydrogens is 362 g/mol. The van der Waals surface area contributed by atoms with Crippen molar-refractivity contribution >= 4 is 5.91 Å². The van der Waals surface area contributed by atoms with Crippen LogP contribution in [0.3, 0.4) is 0 Å². The van der Waals surface area contributed by atoms with Gasteiger partial charge in [-0.1, -0.05) is 30.3 Å². The number of rotatable bonds is 6. The molecule has 1 aromatic carbocycles. The molecule has 1 aromatic heterocycles. The zero-order valence-corrected chi connectivity index (χ0v) is 17.5. The number of hydrogen-bond acceptors (Lipinski definition) is 4. The topological polar surface area (TPSA) is 48.7 Å². The number of nitrogens with zero attached hydrogens (tertiary/aromatic N) is 2. The summed E-state index contributed by atoms with van der Waals surface area (Å²) in [6.45, 7) is 7.77. The molecule has 29 heavy (non-hydrogen) atoms. The van der Waals surface area contributed by atoms with E-state index in [1.54, 1.807) is 0 Å². The van der Waals surface area contributed by atoms with Crippen LogP contribution in [-0.2, 0) is 17.9 Å². The number of amides is 1. The van der Waals surface area contributed by atoms with Crippen LogP contribution in [0.4, 0.5) is 0 Å². The van der Waals surface area contributed by atoms with Crippen LogP contribution in [0.2, 0.25) is 0 Å². The molecule has 0 spiro atoms. The maximum absolute atomic E-state index is 12.7. The van der Waals surface area contributed by atoms with Gasteiger partial charge < -0.3 is 9.73 Å². The summed E-state index contributed by atoms with van der Waals surface area (Å²) in [6.07, 6.45) is 4.49. The SMILES string of the molecule is Cc1ccc(CN2CCC(N3CCCC(C(=O)NCc4ccccc4)C3)CC2)o1. The Labute approximate surface area is 174 Å². The lowest BCUT2D eigenvalue weighted by atomic mass is 9.93. The molecule has 2 aliphatic rings. The van der Waals surface area contributed by atoms with Crippen LogP contribution >= 0.6 is 0 Å². The van der Waals surface area contributed by atoms with Crippen LogP contribution in [0, 0.1) is 12.8 Å². The van der Waals surface area contributed by atoms with Gasteiger partial charge in [-0.2, -0.15) is 0 Å². The third kappa shape index (κ3) is 5.49. The van der Waals surface area contributed by atoms with E-state index in [1.807, 2.05) is 31.2 Å². The van der Waals surface area contributed by atoms with Crippen LogP contribution in [0.15, 0.2) is 46.9 Å². The van der Waals surface area contributed by atoms with E-state index in [-0.39, 0.29) is 11.8 Å². The normalized spacial score (nSPS) is 21.9. The average Bonchev–Trinajstić information content (AvgIpc) is 3.18. The number of carbonyl (C=O) groups excluding carboxylic acids is 1. The number of carbonyl (C=O) groups is 1. The summed E-state index contributed by atoms with van der Waals surface area (Å²) in [5.74, 6) is 2.38. The number of piperidine rings is 2. The lowest BCUT2D eigenvalue weighted by Crippen LogP contribution is -2.50. The second-order valence-electron chi connectivity index (χ2n) is 8.56. The molecule has 0 saturated carbocycles. The highest BCUT2D eigenvalue weighted by Crippen LogP contribution is 2.25. The molecule has 4 rings (SSSR count). The first-order valence-corrected chi connectivity index (χ1v) is 11.0. The third-order valence-electron chi connectivity index (χ3n) is 6.38. The van der Waals surface area contributed by atoms with Crippen molar-refractivity contribution in [3.63, 3.8) is 0 Å². The van der Waals surface area contributed by atoms with Gasteiger partial charge in [0.05, 0.1) is 12.5 Å². The summed E-state index contributed by atoms with van der Waals surface area (Å²) in [5.41, 5.74) is 1.16. The van der Waals surface area contributed by atoms with E-state index in [9.17, 15) is 4.79 Å². The highest BCUT2D eigenvalue weighted by Gasteiger charge is 2.31. The van der Waals surface area contributed by atoms with E-state index in [2.05, 4.69) is 33.3 Å². The van der Waals surface area contributed by atoms with E-state index < -0.39 is 0 Å². The highest BCUT2D eigenvalue weighted by molar-refractivity contribution is 5.79. The lowest BCUT2D eigenvalue weighted by Gasteiger charge is -2.41. The molecule has 0 aliphatic carbocycles. The van der Waals surface area contributed by atoms with E-state index in [0.29, 0.717) is 12.6 Å². The van der Waals surface area contributed by atoms with Crippen molar-refractivity contribution in [3.8, 4) is 0 Å². The van der Waals surface area contributed by atoms with Gasteiger partial charge in [-0.15, -0.1) is 0 Å². The van der Waals surface area contributed by atoms with Crippen molar-refractivity contribution in [1.82, 2.24) is 15.1 Å². The van der Waals surface area contributed by atoms with E-state index in [1.165, 1.54) is 12.8 Å². The van der Waals surface area contributed by atoms with Crippen molar-refractivity contribution in [2.45, 2.75) is 51.7 Å². The minimum Gasteiger partial charge on any atom is -0.465 e. The molecule has 1 amide bonds. The van der Waals surface area contributed by atoms with Crippen LogP contribution < -0.4 is 5.32 Å². The Morgan fingerprint density at radius 2 is 1.86 bits per heavy atom. The Balaban J connectivity index is 1.23. The van der Waals surface area contributed by atoms with Crippen molar-refractivity contribution < 1.29 is 9.21 Å². The summed E-state index contributed by atoms with van der Waals surface area (Å²) in [4.78, 5) is 17.8. The Kier molecular flexibility index (Phi) is 6.67. The van der Waals surface area contributed by atoms with Gasteiger partial charge >= 0.3 is 0 Å². The standard InChI is InChI=1S/C24H33N3O2/c1-19-9-10-23(29-19)18-26-14-11-22(12-15-26)27-13-5-8-21(17-27)24(28)25-16-20-6-3-2-4-7-20/h2-4,6-7,9-10,21-22H,5,8,11-18H2,1H3,(H,25,28). The van der Waals surface area contributed by atoms with Crippen LogP contribution in [0.1, 0.15) is 42.8 Å². The number of furan rings is 1. The number of likely N-dealkylation sites (tertiary alicyclic amines) is 2.